The SMILES string of the molecule is Cc1ccc([N+](=O)[O-])cc1NC(=O)CC1CNCCO1.Cl. The lowest BCUT2D eigenvalue weighted by atomic mass is 10.1. The van der Waals surface area contributed by atoms with Crippen LogP contribution in [0.1, 0.15) is 12.0 Å². The number of aryl methyl sites for hydroxylation is 1. The molecule has 1 atom stereocenters. The third-order valence-electron chi connectivity index (χ3n) is 3.12. The number of morpholine rings is 1. The first kappa shape index (κ1) is 17.4. The zero-order valence-corrected chi connectivity index (χ0v) is 12.4. The van der Waals surface area contributed by atoms with Crippen molar-refractivity contribution in [1.29, 1.82) is 0 Å². The molecule has 21 heavy (non-hydrogen) atoms. The van der Waals surface area contributed by atoms with Crippen LogP contribution in [0, 0.1) is 17.0 Å². The van der Waals surface area contributed by atoms with E-state index in [4.69, 9.17) is 4.74 Å². The summed E-state index contributed by atoms with van der Waals surface area (Å²) in [6.07, 6.45) is 0.0811. The van der Waals surface area contributed by atoms with Crippen molar-refractivity contribution < 1.29 is 14.5 Å². The van der Waals surface area contributed by atoms with Gasteiger partial charge in [0, 0.05) is 25.2 Å². The second-order valence-electron chi connectivity index (χ2n) is 4.71. The van der Waals surface area contributed by atoms with Gasteiger partial charge in [-0.05, 0) is 12.5 Å². The van der Waals surface area contributed by atoms with Gasteiger partial charge in [-0.3, -0.25) is 14.9 Å². The molecule has 0 bridgehead atoms. The molecule has 8 heteroatoms. The maximum atomic E-state index is 11.9. The summed E-state index contributed by atoms with van der Waals surface area (Å²) >= 11 is 0. The van der Waals surface area contributed by atoms with E-state index in [2.05, 4.69) is 10.6 Å². The topological polar surface area (TPSA) is 93.5 Å². The lowest BCUT2D eigenvalue weighted by Gasteiger charge is -2.23. The first-order valence-electron chi connectivity index (χ1n) is 6.43. The van der Waals surface area contributed by atoms with E-state index in [0.29, 0.717) is 18.8 Å². The molecule has 1 aromatic carbocycles. The predicted molar refractivity (Wildman–Crippen MR) is 80.9 cm³/mol. The summed E-state index contributed by atoms with van der Waals surface area (Å²) in [7, 11) is 0. The Kier molecular flexibility index (Phi) is 6.54. The number of benzene rings is 1. The van der Waals surface area contributed by atoms with Crippen LogP contribution in [0.25, 0.3) is 0 Å². The minimum Gasteiger partial charge on any atom is -0.375 e. The summed E-state index contributed by atoms with van der Waals surface area (Å²) < 4.78 is 5.45. The number of nitro groups is 1. The fourth-order valence-electron chi connectivity index (χ4n) is 2.02. The van der Waals surface area contributed by atoms with E-state index in [1.54, 1.807) is 13.0 Å². The maximum absolute atomic E-state index is 11.9. The monoisotopic (exact) mass is 315 g/mol. The molecule has 0 spiro atoms. The minimum absolute atomic E-state index is 0. The average molecular weight is 316 g/mol. The third kappa shape index (κ3) is 4.96. The number of rotatable bonds is 4. The lowest BCUT2D eigenvalue weighted by molar-refractivity contribution is -0.384. The van der Waals surface area contributed by atoms with E-state index in [9.17, 15) is 14.9 Å². The maximum Gasteiger partial charge on any atom is 0.271 e. The van der Waals surface area contributed by atoms with E-state index in [0.717, 1.165) is 12.1 Å². The third-order valence-corrected chi connectivity index (χ3v) is 3.12. The molecule has 1 unspecified atom stereocenters. The number of amides is 1. The van der Waals surface area contributed by atoms with Gasteiger partial charge in [0.2, 0.25) is 5.91 Å². The Bertz CT molecular complexity index is 518. The van der Waals surface area contributed by atoms with Crippen LogP contribution in [0.3, 0.4) is 0 Å². The second-order valence-corrected chi connectivity index (χ2v) is 4.71. The molecule has 2 N–H and O–H groups in total. The summed E-state index contributed by atoms with van der Waals surface area (Å²) in [5.74, 6) is -0.206. The van der Waals surface area contributed by atoms with E-state index >= 15 is 0 Å². The van der Waals surface area contributed by atoms with Crippen LogP contribution in [0.4, 0.5) is 11.4 Å². The van der Waals surface area contributed by atoms with Crippen molar-refractivity contribution in [3.63, 3.8) is 0 Å². The van der Waals surface area contributed by atoms with Gasteiger partial charge in [-0.15, -0.1) is 12.4 Å². The Labute approximate surface area is 128 Å². The van der Waals surface area contributed by atoms with E-state index < -0.39 is 4.92 Å². The molecule has 1 amide bonds. The van der Waals surface area contributed by atoms with Gasteiger partial charge in [0.05, 0.1) is 29.7 Å². The van der Waals surface area contributed by atoms with Crippen molar-refractivity contribution in [3.8, 4) is 0 Å². The molecule has 1 saturated heterocycles. The number of nitrogens with one attached hydrogen (secondary N) is 2. The van der Waals surface area contributed by atoms with E-state index in [1.165, 1.54) is 12.1 Å². The van der Waals surface area contributed by atoms with Gasteiger partial charge in [-0.1, -0.05) is 6.07 Å². The number of non-ortho nitro benzene ring substituents is 1. The van der Waals surface area contributed by atoms with Crippen molar-refractivity contribution in [2.45, 2.75) is 19.4 Å². The smallest absolute Gasteiger partial charge is 0.271 e. The van der Waals surface area contributed by atoms with Gasteiger partial charge in [0.1, 0.15) is 0 Å². The van der Waals surface area contributed by atoms with Crippen molar-refractivity contribution >= 4 is 29.7 Å². The number of nitrogens with zero attached hydrogens (tertiary/aromatic N) is 1. The Morgan fingerprint density at radius 1 is 1.57 bits per heavy atom. The average Bonchev–Trinajstić information content (AvgIpc) is 2.42. The normalized spacial score (nSPS) is 17.7. The number of carbonyl (C=O) groups excluding carboxylic acids is 1. The first-order valence-corrected chi connectivity index (χ1v) is 6.43. The van der Waals surface area contributed by atoms with Crippen LogP contribution >= 0.6 is 12.4 Å². The Balaban J connectivity index is 0.00000220. The van der Waals surface area contributed by atoms with Gasteiger partial charge in [0.15, 0.2) is 0 Å². The van der Waals surface area contributed by atoms with Crippen LogP contribution in [-0.4, -0.2) is 36.6 Å². The number of hydrogen-bond donors (Lipinski definition) is 2. The quantitative estimate of drug-likeness (QED) is 0.651. The second kappa shape index (κ2) is 7.92. The highest BCUT2D eigenvalue weighted by Crippen LogP contribution is 2.22. The highest BCUT2D eigenvalue weighted by Gasteiger charge is 2.18. The van der Waals surface area contributed by atoms with E-state index in [-0.39, 0.29) is 36.5 Å². The van der Waals surface area contributed by atoms with Gasteiger partial charge in [-0.2, -0.15) is 0 Å². The zero-order chi connectivity index (χ0) is 14.5. The van der Waals surface area contributed by atoms with Crippen LogP contribution in [-0.2, 0) is 9.53 Å². The van der Waals surface area contributed by atoms with Crippen LogP contribution < -0.4 is 10.6 Å². The van der Waals surface area contributed by atoms with Crippen molar-refractivity contribution in [1.82, 2.24) is 5.32 Å². The Morgan fingerprint density at radius 3 is 2.95 bits per heavy atom. The number of nitro benzene ring substituents is 1. The molecular weight excluding hydrogens is 298 g/mol. The Hall–Kier alpha value is -1.70. The molecule has 0 aliphatic carbocycles. The molecule has 116 valence electrons. The summed E-state index contributed by atoms with van der Waals surface area (Å²) in [4.78, 5) is 22.2. The van der Waals surface area contributed by atoms with Crippen LogP contribution in [0.15, 0.2) is 18.2 Å². The molecule has 7 nitrogen and oxygen atoms in total. The molecule has 0 aromatic heterocycles. The first-order chi connectivity index (χ1) is 9.56. The van der Waals surface area contributed by atoms with E-state index in [1.807, 2.05) is 0 Å². The Morgan fingerprint density at radius 2 is 2.33 bits per heavy atom. The molecule has 1 heterocycles. The molecule has 2 rings (SSSR count). The highest BCUT2D eigenvalue weighted by atomic mass is 35.5. The number of halogens is 1. The predicted octanol–water partition coefficient (Wildman–Crippen LogP) is 1.64. The fourth-order valence-corrected chi connectivity index (χ4v) is 2.02. The van der Waals surface area contributed by atoms with Gasteiger partial charge in [0.25, 0.3) is 5.69 Å². The lowest BCUT2D eigenvalue weighted by Crippen LogP contribution is -2.40. The molecular formula is C13H18ClN3O4. The molecule has 1 aliphatic heterocycles. The molecule has 1 aliphatic rings. The largest absolute Gasteiger partial charge is 0.375 e. The summed E-state index contributed by atoms with van der Waals surface area (Å²) in [5, 5.41) is 16.6. The van der Waals surface area contributed by atoms with Gasteiger partial charge in [-0.25, -0.2) is 0 Å². The van der Waals surface area contributed by atoms with Gasteiger partial charge >= 0.3 is 0 Å². The van der Waals surface area contributed by atoms with Crippen molar-refractivity contribution in [2.75, 3.05) is 25.0 Å². The number of anilines is 1. The summed E-state index contributed by atoms with van der Waals surface area (Å²) in [6, 6.07) is 4.40. The molecule has 1 aromatic rings. The van der Waals surface area contributed by atoms with Gasteiger partial charge < -0.3 is 15.4 Å². The standard InChI is InChI=1S/C13H17N3O4.ClH/c1-9-2-3-10(16(18)19)6-12(9)15-13(17)7-11-8-14-4-5-20-11;/h2-3,6,11,14H,4-5,7-8H2,1H3,(H,15,17);1H. The molecule has 1 fully saturated rings. The fraction of sp³-hybridized carbons (Fsp3) is 0.462. The molecule has 0 saturated carbocycles. The van der Waals surface area contributed by atoms with Crippen molar-refractivity contribution in [2.24, 2.45) is 0 Å². The molecule has 0 radical (unpaired) electrons. The van der Waals surface area contributed by atoms with Crippen molar-refractivity contribution in [3.05, 3.63) is 33.9 Å². The highest BCUT2D eigenvalue weighted by molar-refractivity contribution is 5.92. The van der Waals surface area contributed by atoms with Crippen LogP contribution in [0.5, 0.6) is 0 Å². The number of ether oxygens (including phenoxy) is 1. The summed E-state index contributed by atoms with van der Waals surface area (Å²) in [6.45, 7) is 3.81. The summed E-state index contributed by atoms with van der Waals surface area (Å²) in [5.41, 5.74) is 1.21. The minimum atomic E-state index is -0.483. The number of hydrogen-bond acceptors (Lipinski definition) is 5. The van der Waals surface area contributed by atoms with Crippen LogP contribution in [0.2, 0.25) is 0 Å². The zero-order valence-electron chi connectivity index (χ0n) is 11.6. The number of carbonyl (C=O) groups is 1.